The molecule has 0 spiro atoms. The number of carbonyl (C=O) groups excluding carboxylic acids is 1. The third-order valence-corrected chi connectivity index (χ3v) is 4.53. The van der Waals surface area contributed by atoms with Gasteiger partial charge in [-0.25, -0.2) is 0 Å². The van der Waals surface area contributed by atoms with Gasteiger partial charge in [0.1, 0.15) is 11.5 Å². The van der Waals surface area contributed by atoms with E-state index in [0.717, 1.165) is 17.2 Å². The molecule has 0 aliphatic rings. The molecule has 1 N–H and O–H groups in total. The lowest BCUT2D eigenvalue weighted by atomic mass is 10.3. The van der Waals surface area contributed by atoms with Crippen LogP contribution in [0.15, 0.2) is 53.7 Å². The van der Waals surface area contributed by atoms with Crippen LogP contribution in [-0.4, -0.2) is 45.1 Å². The zero-order chi connectivity index (χ0) is 19.8. The number of thioether (sulfide) groups is 1. The number of nitrogens with zero attached hydrogens (tertiary/aromatic N) is 4. The number of amides is 1. The van der Waals surface area contributed by atoms with E-state index in [9.17, 15) is 4.79 Å². The molecule has 3 rings (SSSR count). The Balaban J connectivity index is 1.57. The quantitative estimate of drug-likeness (QED) is 0.553. The number of aromatic nitrogens is 4. The van der Waals surface area contributed by atoms with Gasteiger partial charge in [-0.2, -0.15) is 4.68 Å². The first-order valence-electron chi connectivity index (χ1n) is 8.86. The number of benzene rings is 2. The Morgan fingerprint density at radius 3 is 2.21 bits per heavy atom. The van der Waals surface area contributed by atoms with Gasteiger partial charge in [-0.1, -0.05) is 11.8 Å². The zero-order valence-electron chi connectivity index (χ0n) is 15.7. The molecule has 28 heavy (non-hydrogen) atoms. The SMILES string of the molecule is CCOc1ccc(NC(=O)CSc2nnnn2-c2ccc(OCC)cc2)cc1. The normalized spacial score (nSPS) is 10.5. The molecule has 146 valence electrons. The highest BCUT2D eigenvalue weighted by Crippen LogP contribution is 2.21. The van der Waals surface area contributed by atoms with Crippen LogP contribution in [0.2, 0.25) is 0 Å². The fraction of sp³-hybridized carbons (Fsp3) is 0.263. The Bertz CT molecular complexity index is 897. The molecule has 3 aromatic rings. The van der Waals surface area contributed by atoms with Crippen molar-refractivity contribution < 1.29 is 14.3 Å². The molecule has 1 amide bonds. The van der Waals surface area contributed by atoms with Gasteiger partial charge in [0.05, 0.1) is 24.7 Å². The number of anilines is 1. The number of tetrazole rings is 1. The lowest BCUT2D eigenvalue weighted by Crippen LogP contribution is -2.14. The minimum atomic E-state index is -0.143. The minimum absolute atomic E-state index is 0.143. The summed E-state index contributed by atoms with van der Waals surface area (Å²) in [6.45, 7) is 5.07. The monoisotopic (exact) mass is 399 g/mol. The molecule has 0 radical (unpaired) electrons. The lowest BCUT2D eigenvalue weighted by Gasteiger charge is -2.08. The molecule has 0 saturated heterocycles. The maximum absolute atomic E-state index is 12.2. The third-order valence-electron chi connectivity index (χ3n) is 3.61. The summed E-state index contributed by atoms with van der Waals surface area (Å²) in [4.78, 5) is 12.2. The molecule has 0 saturated carbocycles. The Kier molecular flexibility index (Phi) is 6.85. The maximum atomic E-state index is 12.2. The van der Waals surface area contributed by atoms with Gasteiger partial charge < -0.3 is 14.8 Å². The second-order valence-electron chi connectivity index (χ2n) is 5.59. The third kappa shape index (κ3) is 5.23. The number of nitrogens with one attached hydrogen (secondary N) is 1. The van der Waals surface area contributed by atoms with Crippen molar-refractivity contribution in [1.82, 2.24) is 20.2 Å². The second-order valence-corrected chi connectivity index (χ2v) is 6.54. The number of carbonyl (C=O) groups is 1. The minimum Gasteiger partial charge on any atom is -0.494 e. The van der Waals surface area contributed by atoms with Crippen LogP contribution < -0.4 is 14.8 Å². The maximum Gasteiger partial charge on any atom is 0.234 e. The molecule has 0 fully saturated rings. The number of rotatable bonds is 9. The van der Waals surface area contributed by atoms with Crippen molar-refractivity contribution >= 4 is 23.4 Å². The molecule has 0 aliphatic heterocycles. The predicted octanol–water partition coefficient (Wildman–Crippen LogP) is 3.19. The number of hydrogen-bond donors (Lipinski definition) is 1. The fourth-order valence-corrected chi connectivity index (χ4v) is 3.10. The Morgan fingerprint density at radius 1 is 1.00 bits per heavy atom. The first kappa shape index (κ1) is 19.7. The molecule has 8 nitrogen and oxygen atoms in total. The highest BCUT2D eigenvalue weighted by Gasteiger charge is 2.12. The molecule has 1 aromatic heterocycles. The molecule has 2 aromatic carbocycles. The van der Waals surface area contributed by atoms with Gasteiger partial charge in [0.15, 0.2) is 0 Å². The molecule has 0 unspecified atom stereocenters. The highest BCUT2D eigenvalue weighted by molar-refractivity contribution is 7.99. The van der Waals surface area contributed by atoms with E-state index in [1.54, 1.807) is 16.8 Å². The Labute approximate surface area is 167 Å². The van der Waals surface area contributed by atoms with Crippen molar-refractivity contribution in [3.05, 3.63) is 48.5 Å². The van der Waals surface area contributed by atoms with Crippen molar-refractivity contribution in [1.29, 1.82) is 0 Å². The van der Waals surface area contributed by atoms with Crippen LogP contribution in [0.25, 0.3) is 5.69 Å². The first-order valence-corrected chi connectivity index (χ1v) is 9.85. The largest absolute Gasteiger partial charge is 0.494 e. The van der Waals surface area contributed by atoms with E-state index in [0.29, 0.717) is 24.1 Å². The summed E-state index contributed by atoms with van der Waals surface area (Å²) >= 11 is 1.26. The molecule has 0 atom stereocenters. The van der Waals surface area contributed by atoms with Crippen LogP contribution in [0, 0.1) is 0 Å². The molecule has 1 heterocycles. The van der Waals surface area contributed by atoms with E-state index in [4.69, 9.17) is 9.47 Å². The second kappa shape index (κ2) is 9.75. The van der Waals surface area contributed by atoms with E-state index >= 15 is 0 Å². The van der Waals surface area contributed by atoms with Crippen LogP contribution in [0.4, 0.5) is 5.69 Å². The van der Waals surface area contributed by atoms with Crippen molar-refractivity contribution in [3.8, 4) is 17.2 Å². The summed E-state index contributed by atoms with van der Waals surface area (Å²) in [6, 6.07) is 14.7. The average molecular weight is 399 g/mol. The summed E-state index contributed by atoms with van der Waals surface area (Å²) in [5.74, 6) is 1.59. The first-order chi connectivity index (χ1) is 13.7. The fourth-order valence-electron chi connectivity index (χ4n) is 2.41. The zero-order valence-corrected chi connectivity index (χ0v) is 16.5. The van der Waals surface area contributed by atoms with Gasteiger partial charge in [0, 0.05) is 5.69 Å². The van der Waals surface area contributed by atoms with Gasteiger partial charge in [0.25, 0.3) is 0 Å². The number of hydrogen-bond acceptors (Lipinski definition) is 7. The topological polar surface area (TPSA) is 91.2 Å². The summed E-state index contributed by atoms with van der Waals surface area (Å²) in [5, 5.41) is 15.1. The van der Waals surface area contributed by atoms with Gasteiger partial charge >= 0.3 is 0 Å². The molecule has 9 heteroatoms. The summed E-state index contributed by atoms with van der Waals surface area (Å²) in [5.41, 5.74) is 1.50. The van der Waals surface area contributed by atoms with Gasteiger partial charge in [0.2, 0.25) is 11.1 Å². The van der Waals surface area contributed by atoms with Crippen LogP contribution >= 0.6 is 11.8 Å². The van der Waals surface area contributed by atoms with E-state index in [2.05, 4.69) is 20.8 Å². The number of ether oxygens (including phenoxy) is 2. The molecular formula is C19H21N5O3S. The van der Waals surface area contributed by atoms with Crippen LogP contribution in [0.3, 0.4) is 0 Å². The van der Waals surface area contributed by atoms with E-state index in [1.165, 1.54) is 11.8 Å². The van der Waals surface area contributed by atoms with Gasteiger partial charge in [-0.3, -0.25) is 4.79 Å². The molecule has 0 aliphatic carbocycles. The van der Waals surface area contributed by atoms with Crippen molar-refractivity contribution in [2.75, 3.05) is 24.3 Å². The average Bonchev–Trinajstić information content (AvgIpc) is 3.18. The van der Waals surface area contributed by atoms with Gasteiger partial charge in [-0.05, 0) is 72.8 Å². The predicted molar refractivity (Wildman–Crippen MR) is 107 cm³/mol. The van der Waals surface area contributed by atoms with Crippen LogP contribution in [-0.2, 0) is 4.79 Å². The van der Waals surface area contributed by atoms with E-state index < -0.39 is 0 Å². The molecular weight excluding hydrogens is 378 g/mol. The van der Waals surface area contributed by atoms with Crippen molar-refractivity contribution in [2.24, 2.45) is 0 Å². The summed E-state index contributed by atoms with van der Waals surface area (Å²) < 4.78 is 12.4. The Morgan fingerprint density at radius 2 is 1.61 bits per heavy atom. The lowest BCUT2D eigenvalue weighted by molar-refractivity contribution is -0.113. The van der Waals surface area contributed by atoms with Crippen molar-refractivity contribution in [3.63, 3.8) is 0 Å². The van der Waals surface area contributed by atoms with E-state index in [-0.39, 0.29) is 11.7 Å². The smallest absolute Gasteiger partial charge is 0.234 e. The van der Waals surface area contributed by atoms with Crippen LogP contribution in [0.1, 0.15) is 13.8 Å². The summed E-state index contributed by atoms with van der Waals surface area (Å²) in [6.07, 6.45) is 0. The molecule has 0 bridgehead atoms. The highest BCUT2D eigenvalue weighted by atomic mass is 32.2. The Hall–Kier alpha value is -3.07. The van der Waals surface area contributed by atoms with Crippen molar-refractivity contribution in [2.45, 2.75) is 19.0 Å². The van der Waals surface area contributed by atoms with Crippen LogP contribution in [0.5, 0.6) is 11.5 Å². The van der Waals surface area contributed by atoms with E-state index in [1.807, 2.05) is 50.2 Å². The van der Waals surface area contributed by atoms with Gasteiger partial charge in [-0.15, -0.1) is 5.10 Å². The standard InChI is InChI=1S/C19H21N5O3S/c1-3-26-16-9-5-14(6-10-16)20-18(25)13-28-19-21-22-23-24(19)15-7-11-17(12-8-15)27-4-2/h5-12H,3-4,13H2,1-2H3,(H,20,25). The summed E-state index contributed by atoms with van der Waals surface area (Å²) in [7, 11) is 0.